The van der Waals surface area contributed by atoms with Gasteiger partial charge < -0.3 is 4.74 Å². The molecule has 0 saturated carbocycles. The van der Waals surface area contributed by atoms with E-state index in [2.05, 4.69) is 0 Å². The molecule has 0 aliphatic heterocycles. The highest BCUT2D eigenvalue weighted by molar-refractivity contribution is 5.92. The zero-order valence-corrected chi connectivity index (χ0v) is 9.46. The van der Waals surface area contributed by atoms with Gasteiger partial charge in [0, 0.05) is 5.56 Å². The van der Waals surface area contributed by atoms with E-state index in [1.807, 2.05) is 0 Å². The van der Waals surface area contributed by atoms with Crippen LogP contribution in [0.15, 0.2) is 12.1 Å². The molecule has 0 heterocycles. The van der Waals surface area contributed by atoms with Crippen molar-refractivity contribution in [3.8, 4) is 6.07 Å². The third-order valence-corrected chi connectivity index (χ3v) is 2.35. The number of nitriles is 1. The van der Waals surface area contributed by atoms with Crippen LogP contribution in [0.2, 0.25) is 0 Å². The summed E-state index contributed by atoms with van der Waals surface area (Å²) in [7, 11) is 0. The molecule has 0 atom stereocenters. The van der Waals surface area contributed by atoms with E-state index >= 15 is 0 Å². The summed E-state index contributed by atoms with van der Waals surface area (Å²) < 4.78 is 30.5. The van der Waals surface area contributed by atoms with Gasteiger partial charge in [0.05, 0.1) is 23.8 Å². The van der Waals surface area contributed by atoms with Crippen LogP contribution in [-0.2, 0) is 4.74 Å². The second kappa shape index (κ2) is 5.39. The van der Waals surface area contributed by atoms with E-state index in [0.29, 0.717) is 0 Å². The van der Waals surface area contributed by atoms with Crippen molar-refractivity contribution in [2.75, 3.05) is 6.61 Å². The van der Waals surface area contributed by atoms with Gasteiger partial charge in [0.25, 0.3) is 6.43 Å². The molecule has 0 unspecified atom stereocenters. The Labute approximate surface area is 97.6 Å². The maximum atomic E-state index is 12.9. The molecular formula is C12H11F2NO2. The normalized spacial score (nSPS) is 10.1. The highest BCUT2D eigenvalue weighted by atomic mass is 19.3. The average Bonchev–Trinajstić information content (AvgIpc) is 2.28. The van der Waals surface area contributed by atoms with Crippen LogP contribution >= 0.6 is 0 Å². The van der Waals surface area contributed by atoms with Crippen molar-refractivity contribution < 1.29 is 18.3 Å². The summed E-state index contributed by atoms with van der Waals surface area (Å²) in [5.74, 6) is -0.796. The summed E-state index contributed by atoms with van der Waals surface area (Å²) in [6, 6.07) is 4.34. The van der Waals surface area contributed by atoms with Crippen molar-refractivity contribution in [3.05, 3.63) is 34.4 Å². The van der Waals surface area contributed by atoms with Crippen LogP contribution < -0.4 is 0 Å². The molecule has 0 fully saturated rings. The first-order valence-electron chi connectivity index (χ1n) is 5.01. The molecule has 0 saturated heterocycles. The molecule has 1 aromatic rings. The largest absolute Gasteiger partial charge is 0.462 e. The molecule has 3 nitrogen and oxygen atoms in total. The minimum absolute atomic E-state index is 0.112. The van der Waals surface area contributed by atoms with Gasteiger partial charge >= 0.3 is 5.97 Å². The molecule has 0 aliphatic carbocycles. The molecule has 1 aromatic carbocycles. The van der Waals surface area contributed by atoms with E-state index in [1.54, 1.807) is 13.0 Å². The Balaban J connectivity index is 3.37. The highest BCUT2D eigenvalue weighted by Crippen LogP contribution is 2.29. The van der Waals surface area contributed by atoms with Crippen molar-refractivity contribution in [3.63, 3.8) is 0 Å². The average molecular weight is 239 g/mol. The molecule has 0 aromatic heterocycles. The summed E-state index contributed by atoms with van der Waals surface area (Å²) in [4.78, 5) is 11.5. The number of hydrogen-bond donors (Lipinski definition) is 0. The van der Waals surface area contributed by atoms with Gasteiger partial charge in [-0.05, 0) is 31.5 Å². The summed E-state index contributed by atoms with van der Waals surface area (Å²) in [5, 5.41) is 8.75. The predicted octanol–water partition coefficient (Wildman–Crippen LogP) is 2.98. The predicted molar refractivity (Wildman–Crippen MR) is 56.8 cm³/mol. The van der Waals surface area contributed by atoms with Crippen LogP contribution in [0.5, 0.6) is 0 Å². The molecule has 0 bridgehead atoms. The first kappa shape index (κ1) is 13.1. The molecular weight excluding hydrogens is 228 g/mol. The number of rotatable bonds is 3. The fourth-order valence-electron chi connectivity index (χ4n) is 1.52. The Kier molecular flexibility index (Phi) is 4.16. The van der Waals surface area contributed by atoms with Gasteiger partial charge in [-0.25, -0.2) is 13.6 Å². The highest BCUT2D eigenvalue weighted by Gasteiger charge is 2.23. The van der Waals surface area contributed by atoms with E-state index in [-0.39, 0.29) is 23.3 Å². The van der Waals surface area contributed by atoms with Gasteiger partial charge in [0.15, 0.2) is 0 Å². The Hall–Kier alpha value is -1.96. The molecule has 0 radical (unpaired) electrons. The van der Waals surface area contributed by atoms with Crippen molar-refractivity contribution in [1.82, 2.24) is 0 Å². The molecule has 0 amide bonds. The van der Waals surface area contributed by atoms with Crippen molar-refractivity contribution in [1.29, 1.82) is 5.26 Å². The van der Waals surface area contributed by atoms with Gasteiger partial charge in [-0.15, -0.1) is 0 Å². The molecule has 1 rings (SSSR count). The smallest absolute Gasteiger partial charge is 0.338 e. The number of nitrogens with zero attached hydrogens (tertiary/aromatic N) is 1. The van der Waals surface area contributed by atoms with Gasteiger partial charge in [-0.3, -0.25) is 0 Å². The molecule has 0 spiro atoms. The number of halogens is 2. The maximum absolute atomic E-state index is 12.9. The quantitative estimate of drug-likeness (QED) is 0.762. The van der Waals surface area contributed by atoms with Gasteiger partial charge in [-0.2, -0.15) is 5.26 Å². The van der Waals surface area contributed by atoms with E-state index in [4.69, 9.17) is 10.00 Å². The van der Waals surface area contributed by atoms with Gasteiger partial charge in [0.1, 0.15) is 0 Å². The van der Waals surface area contributed by atoms with Gasteiger partial charge in [0.2, 0.25) is 0 Å². The molecule has 90 valence electrons. The number of carbonyl (C=O) groups is 1. The number of benzene rings is 1. The molecule has 17 heavy (non-hydrogen) atoms. The zero-order valence-electron chi connectivity index (χ0n) is 9.46. The van der Waals surface area contributed by atoms with Gasteiger partial charge in [-0.1, -0.05) is 0 Å². The molecule has 0 aliphatic rings. The second-order valence-corrected chi connectivity index (χ2v) is 3.33. The topological polar surface area (TPSA) is 50.1 Å². The van der Waals surface area contributed by atoms with E-state index in [1.165, 1.54) is 19.1 Å². The number of ether oxygens (including phenoxy) is 1. The molecule has 5 heteroatoms. The van der Waals surface area contributed by atoms with Crippen LogP contribution in [0.1, 0.15) is 40.4 Å². The number of esters is 1. The Bertz CT molecular complexity index is 478. The van der Waals surface area contributed by atoms with E-state index in [9.17, 15) is 13.6 Å². The van der Waals surface area contributed by atoms with Crippen molar-refractivity contribution in [2.24, 2.45) is 0 Å². The summed E-state index contributed by atoms with van der Waals surface area (Å²) in [6.45, 7) is 3.10. The van der Waals surface area contributed by atoms with Crippen LogP contribution in [0.3, 0.4) is 0 Å². The minimum atomic E-state index is -2.82. The number of carbonyl (C=O) groups excluding carboxylic acids is 1. The van der Waals surface area contributed by atoms with Crippen LogP contribution in [-0.4, -0.2) is 12.6 Å². The zero-order chi connectivity index (χ0) is 13.0. The van der Waals surface area contributed by atoms with E-state index < -0.39 is 18.0 Å². The first-order valence-corrected chi connectivity index (χ1v) is 5.01. The van der Waals surface area contributed by atoms with Crippen LogP contribution in [0.25, 0.3) is 0 Å². The lowest BCUT2D eigenvalue weighted by molar-refractivity contribution is 0.0515. The Morgan fingerprint density at radius 3 is 2.65 bits per heavy atom. The molecule has 0 N–H and O–H groups in total. The summed E-state index contributed by atoms with van der Waals surface area (Å²) in [5.41, 5.74) is -0.359. The standard InChI is InChI=1S/C12H11F2NO2/c1-3-17-12(16)9-5-4-8(6-15)7(2)10(9)11(13)14/h4-5,11H,3H2,1-2H3. The Morgan fingerprint density at radius 1 is 1.53 bits per heavy atom. The van der Waals surface area contributed by atoms with Crippen LogP contribution in [0, 0.1) is 18.3 Å². The number of alkyl halides is 2. The second-order valence-electron chi connectivity index (χ2n) is 3.33. The fourth-order valence-corrected chi connectivity index (χ4v) is 1.52. The summed E-state index contributed by atoms with van der Waals surface area (Å²) >= 11 is 0. The fraction of sp³-hybridized carbons (Fsp3) is 0.333. The van der Waals surface area contributed by atoms with E-state index in [0.717, 1.165) is 0 Å². The lowest BCUT2D eigenvalue weighted by Crippen LogP contribution is -2.10. The van der Waals surface area contributed by atoms with Crippen LogP contribution in [0.4, 0.5) is 8.78 Å². The summed E-state index contributed by atoms with van der Waals surface area (Å²) in [6.07, 6.45) is -2.82. The minimum Gasteiger partial charge on any atom is -0.462 e. The third kappa shape index (κ3) is 2.59. The SMILES string of the molecule is CCOC(=O)c1ccc(C#N)c(C)c1C(F)F. The maximum Gasteiger partial charge on any atom is 0.338 e. The monoisotopic (exact) mass is 239 g/mol. The first-order chi connectivity index (χ1) is 8.02. The lowest BCUT2D eigenvalue weighted by atomic mass is 9.97. The number of hydrogen-bond acceptors (Lipinski definition) is 3. The van der Waals surface area contributed by atoms with Crippen molar-refractivity contribution in [2.45, 2.75) is 20.3 Å². The lowest BCUT2D eigenvalue weighted by Gasteiger charge is -2.12. The van der Waals surface area contributed by atoms with Crippen molar-refractivity contribution >= 4 is 5.97 Å². The third-order valence-electron chi connectivity index (χ3n) is 2.35. The Morgan fingerprint density at radius 2 is 2.18 bits per heavy atom.